The van der Waals surface area contributed by atoms with E-state index in [4.69, 9.17) is 0 Å². The summed E-state index contributed by atoms with van der Waals surface area (Å²) >= 11 is 6.53. The third-order valence-corrected chi connectivity index (χ3v) is 3.89. The number of rotatable bonds is 3. The monoisotopic (exact) mass is 411 g/mol. The van der Waals surface area contributed by atoms with Gasteiger partial charge in [-0.2, -0.15) is 0 Å². The van der Waals surface area contributed by atoms with Crippen molar-refractivity contribution in [3.8, 4) is 0 Å². The number of aryl methyl sites for hydroxylation is 1. The Kier molecular flexibility index (Phi) is 4.80. The first kappa shape index (κ1) is 15.7. The van der Waals surface area contributed by atoms with E-state index in [1.165, 1.54) is 6.07 Å². The van der Waals surface area contributed by atoms with Crippen LogP contribution >= 0.6 is 31.9 Å². The van der Waals surface area contributed by atoms with E-state index in [0.717, 1.165) is 10.0 Å². The van der Waals surface area contributed by atoms with E-state index in [2.05, 4.69) is 37.2 Å². The third-order valence-electron chi connectivity index (χ3n) is 2.90. The minimum absolute atomic E-state index is 0.0328. The molecule has 2 aromatic rings. The average Bonchev–Trinajstić information content (AvgIpc) is 2.43. The number of benzene rings is 2. The maximum Gasteiger partial charge on any atom is 0.337 e. The molecule has 0 unspecified atom stereocenters. The molecule has 4 nitrogen and oxygen atoms in total. The smallest absolute Gasteiger partial charge is 0.337 e. The lowest BCUT2D eigenvalue weighted by molar-refractivity contribution is 0.0698. The Morgan fingerprint density at radius 2 is 1.57 bits per heavy atom. The van der Waals surface area contributed by atoms with Crippen LogP contribution in [0.15, 0.2) is 45.3 Å². The van der Waals surface area contributed by atoms with Gasteiger partial charge in [0.2, 0.25) is 0 Å². The van der Waals surface area contributed by atoms with Gasteiger partial charge >= 0.3 is 5.97 Å². The molecule has 0 atom stereocenters. The number of hydrogen-bond donors (Lipinski definition) is 2. The SMILES string of the molecule is Cc1ccc(Br)cc1C(=O)Nc1ccc(Br)cc1C(=O)O. The van der Waals surface area contributed by atoms with Gasteiger partial charge in [-0.25, -0.2) is 4.79 Å². The highest BCUT2D eigenvalue weighted by atomic mass is 79.9. The Morgan fingerprint density at radius 1 is 1.00 bits per heavy atom. The molecular weight excluding hydrogens is 402 g/mol. The van der Waals surface area contributed by atoms with Gasteiger partial charge in [-0.3, -0.25) is 4.79 Å². The molecule has 0 aliphatic rings. The predicted octanol–water partition coefficient (Wildman–Crippen LogP) is 4.47. The number of nitrogens with one attached hydrogen (secondary N) is 1. The van der Waals surface area contributed by atoms with Gasteiger partial charge in [-0.05, 0) is 42.8 Å². The highest BCUT2D eigenvalue weighted by Gasteiger charge is 2.15. The molecule has 0 saturated carbocycles. The molecule has 2 rings (SSSR count). The highest BCUT2D eigenvalue weighted by Crippen LogP contribution is 2.23. The van der Waals surface area contributed by atoms with Crippen molar-refractivity contribution in [3.63, 3.8) is 0 Å². The van der Waals surface area contributed by atoms with E-state index in [-0.39, 0.29) is 17.2 Å². The number of carbonyl (C=O) groups is 2. The van der Waals surface area contributed by atoms with Crippen LogP contribution in [0.1, 0.15) is 26.3 Å². The maximum absolute atomic E-state index is 12.3. The molecule has 1 amide bonds. The highest BCUT2D eigenvalue weighted by molar-refractivity contribution is 9.10. The standard InChI is InChI=1S/C15H11Br2NO3/c1-8-2-3-9(16)6-11(8)14(19)18-13-5-4-10(17)7-12(13)15(20)21/h2-7H,1H3,(H,18,19)(H,20,21). The normalized spacial score (nSPS) is 10.2. The predicted molar refractivity (Wildman–Crippen MR) is 87.9 cm³/mol. The molecule has 0 fully saturated rings. The van der Waals surface area contributed by atoms with E-state index in [1.807, 2.05) is 19.1 Å². The maximum atomic E-state index is 12.3. The van der Waals surface area contributed by atoms with Gasteiger partial charge in [0.05, 0.1) is 11.3 Å². The van der Waals surface area contributed by atoms with Crippen LogP contribution in [0, 0.1) is 6.92 Å². The van der Waals surface area contributed by atoms with Crippen molar-refractivity contribution in [2.75, 3.05) is 5.32 Å². The number of hydrogen-bond acceptors (Lipinski definition) is 2. The molecule has 2 N–H and O–H groups in total. The first-order valence-corrected chi connectivity index (χ1v) is 7.57. The van der Waals surface area contributed by atoms with Crippen LogP contribution in [0.5, 0.6) is 0 Å². The quantitative estimate of drug-likeness (QED) is 0.781. The summed E-state index contributed by atoms with van der Waals surface area (Å²) in [6.07, 6.45) is 0. The summed E-state index contributed by atoms with van der Waals surface area (Å²) < 4.78 is 1.42. The minimum Gasteiger partial charge on any atom is -0.478 e. The van der Waals surface area contributed by atoms with Crippen LogP contribution in [0.25, 0.3) is 0 Å². The summed E-state index contributed by atoms with van der Waals surface area (Å²) in [4.78, 5) is 23.5. The van der Waals surface area contributed by atoms with Crippen molar-refractivity contribution >= 4 is 49.4 Å². The summed E-state index contributed by atoms with van der Waals surface area (Å²) in [7, 11) is 0. The van der Waals surface area contributed by atoms with Gasteiger partial charge in [0.25, 0.3) is 5.91 Å². The van der Waals surface area contributed by atoms with Crippen LogP contribution in [0.4, 0.5) is 5.69 Å². The number of aromatic carboxylic acids is 1. The molecule has 6 heteroatoms. The van der Waals surface area contributed by atoms with Gasteiger partial charge in [-0.15, -0.1) is 0 Å². The average molecular weight is 413 g/mol. The second kappa shape index (κ2) is 6.41. The lowest BCUT2D eigenvalue weighted by Crippen LogP contribution is -2.16. The summed E-state index contributed by atoms with van der Waals surface area (Å²) in [5.41, 5.74) is 1.59. The van der Waals surface area contributed by atoms with Crippen LogP contribution in [-0.2, 0) is 0 Å². The molecule has 0 aliphatic carbocycles. The van der Waals surface area contributed by atoms with E-state index >= 15 is 0 Å². The van der Waals surface area contributed by atoms with Crippen molar-refractivity contribution < 1.29 is 14.7 Å². The Hall–Kier alpha value is -1.66. The van der Waals surface area contributed by atoms with E-state index in [9.17, 15) is 14.7 Å². The Bertz CT molecular complexity index is 729. The molecular formula is C15H11Br2NO3. The molecule has 0 radical (unpaired) electrons. The van der Waals surface area contributed by atoms with Gasteiger partial charge in [0, 0.05) is 14.5 Å². The Labute approximate surface area is 138 Å². The van der Waals surface area contributed by atoms with Crippen molar-refractivity contribution in [3.05, 3.63) is 62.0 Å². The van der Waals surface area contributed by atoms with Crippen molar-refractivity contribution in [1.82, 2.24) is 0 Å². The molecule has 108 valence electrons. The molecule has 0 saturated heterocycles. The second-order valence-electron chi connectivity index (χ2n) is 4.41. The number of carboxylic acids is 1. The lowest BCUT2D eigenvalue weighted by Gasteiger charge is -2.11. The zero-order valence-corrected chi connectivity index (χ0v) is 14.2. The van der Waals surface area contributed by atoms with Gasteiger partial charge in [0.1, 0.15) is 0 Å². The van der Waals surface area contributed by atoms with Crippen molar-refractivity contribution in [1.29, 1.82) is 0 Å². The van der Waals surface area contributed by atoms with Gasteiger partial charge in [0.15, 0.2) is 0 Å². The van der Waals surface area contributed by atoms with Crippen molar-refractivity contribution in [2.24, 2.45) is 0 Å². The summed E-state index contributed by atoms with van der Waals surface area (Å²) in [6, 6.07) is 10.0. The number of carboxylic acid groups (broad SMARTS) is 1. The van der Waals surface area contributed by atoms with E-state index in [1.54, 1.807) is 18.2 Å². The summed E-state index contributed by atoms with van der Waals surface area (Å²) in [5.74, 6) is -1.45. The zero-order valence-electron chi connectivity index (χ0n) is 11.0. The molecule has 0 bridgehead atoms. The zero-order chi connectivity index (χ0) is 15.6. The number of amides is 1. The molecule has 0 aromatic heterocycles. The molecule has 0 aliphatic heterocycles. The van der Waals surface area contributed by atoms with Gasteiger partial charge < -0.3 is 10.4 Å². The summed E-state index contributed by atoms with van der Waals surface area (Å²) in [6.45, 7) is 1.82. The van der Waals surface area contributed by atoms with Crippen LogP contribution < -0.4 is 5.32 Å². The molecule has 0 heterocycles. The Balaban J connectivity index is 2.36. The van der Waals surface area contributed by atoms with Crippen LogP contribution in [-0.4, -0.2) is 17.0 Å². The fourth-order valence-electron chi connectivity index (χ4n) is 1.83. The number of halogens is 2. The third kappa shape index (κ3) is 3.71. The Morgan fingerprint density at radius 3 is 2.19 bits per heavy atom. The minimum atomic E-state index is -1.10. The van der Waals surface area contributed by atoms with E-state index in [0.29, 0.717) is 10.0 Å². The van der Waals surface area contributed by atoms with Crippen LogP contribution in [0.3, 0.4) is 0 Å². The fraction of sp³-hybridized carbons (Fsp3) is 0.0667. The molecule has 0 spiro atoms. The fourth-order valence-corrected chi connectivity index (χ4v) is 2.55. The second-order valence-corrected chi connectivity index (χ2v) is 6.24. The first-order chi connectivity index (χ1) is 9.88. The lowest BCUT2D eigenvalue weighted by atomic mass is 10.1. The van der Waals surface area contributed by atoms with Crippen LogP contribution in [0.2, 0.25) is 0 Å². The molecule has 21 heavy (non-hydrogen) atoms. The van der Waals surface area contributed by atoms with Crippen molar-refractivity contribution in [2.45, 2.75) is 6.92 Å². The largest absolute Gasteiger partial charge is 0.478 e. The number of carbonyl (C=O) groups excluding carboxylic acids is 1. The number of anilines is 1. The topological polar surface area (TPSA) is 66.4 Å². The first-order valence-electron chi connectivity index (χ1n) is 5.99. The molecule has 2 aromatic carbocycles. The summed E-state index contributed by atoms with van der Waals surface area (Å²) in [5, 5.41) is 11.8. The van der Waals surface area contributed by atoms with Gasteiger partial charge in [-0.1, -0.05) is 37.9 Å². The van der Waals surface area contributed by atoms with E-state index < -0.39 is 5.97 Å².